The van der Waals surface area contributed by atoms with E-state index in [-0.39, 0.29) is 0 Å². The first-order chi connectivity index (χ1) is 8.83. The average Bonchev–Trinajstić information content (AvgIpc) is 2.41. The van der Waals surface area contributed by atoms with Crippen LogP contribution in [0.15, 0.2) is 30.6 Å². The predicted molar refractivity (Wildman–Crippen MR) is 73.0 cm³/mol. The molecular weight excluding hydrogens is 224 g/mol. The number of piperidine rings is 1. The molecule has 0 radical (unpaired) electrons. The molecule has 1 N–H and O–H groups in total. The molecule has 3 nitrogen and oxygen atoms in total. The van der Waals surface area contributed by atoms with Crippen LogP contribution < -0.4 is 10.1 Å². The SMILES string of the molecule is Cc1cc2cnccc2cc1OC1CCNCC1. The molecule has 1 saturated heterocycles. The Morgan fingerprint density at radius 2 is 2.06 bits per heavy atom. The lowest BCUT2D eigenvalue weighted by Crippen LogP contribution is -2.34. The van der Waals surface area contributed by atoms with Crippen molar-refractivity contribution in [3.63, 3.8) is 0 Å². The normalized spacial score (nSPS) is 16.9. The van der Waals surface area contributed by atoms with Gasteiger partial charge in [-0.3, -0.25) is 4.98 Å². The van der Waals surface area contributed by atoms with E-state index in [1.54, 1.807) is 0 Å². The van der Waals surface area contributed by atoms with Crippen LogP contribution in [-0.4, -0.2) is 24.2 Å². The second-order valence-electron chi connectivity index (χ2n) is 4.91. The minimum atomic E-state index is 0.351. The van der Waals surface area contributed by atoms with Crippen LogP contribution in [0.25, 0.3) is 10.8 Å². The highest BCUT2D eigenvalue weighted by atomic mass is 16.5. The summed E-state index contributed by atoms with van der Waals surface area (Å²) in [5.74, 6) is 1.01. The molecule has 0 saturated carbocycles. The molecule has 0 bridgehead atoms. The van der Waals surface area contributed by atoms with Gasteiger partial charge in [0, 0.05) is 17.8 Å². The molecule has 1 aromatic heterocycles. The number of hydrogen-bond donors (Lipinski definition) is 1. The molecule has 94 valence electrons. The van der Waals surface area contributed by atoms with E-state index in [0.29, 0.717) is 6.10 Å². The monoisotopic (exact) mass is 242 g/mol. The largest absolute Gasteiger partial charge is 0.490 e. The first-order valence-electron chi connectivity index (χ1n) is 6.55. The molecule has 1 aromatic carbocycles. The molecule has 18 heavy (non-hydrogen) atoms. The van der Waals surface area contributed by atoms with Gasteiger partial charge in [-0.25, -0.2) is 0 Å². The number of nitrogens with zero attached hydrogens (tertiary/aromatic N) is 1. The molecule has 0 unspecified atom stereocenters. The molecule has 3 rings (SSSR count). The van der Waals surface area contributed by atoms with Crippen molar-refractivity contribution in [2.45, 2.75) is 25.9 Å². The van der Waals surface area contributed by atoms with Gasteiger partial charge in [0.2, 0.25) is 0 Å². The Bertz CT molecular complexity index is 547. The number of rotatable bonds is 2. The van der Waals surface area contributed by atoms with Crippen molar-refractivity contribution in [2.24, 2.45) is 0 Å². The number of benzene rings is 1. The lowest BCUT2D eigenvalue weighted by molar-refractivity contribution is 0.161. The molecular formula is C15H18N2O. The first kappa shape index (κ1) is 11.5. The summed E-state index contributed by atoms with van der Waals surface area (Å²) in [5.41, 5.74) is 1.19. The summed E-state index contributed by atoms with van der Waals surface area (Å²) in [6.07, 6.45) is 6.26. The summed E-state index contributed by atoms with van der Waals surface area (Å²) in [5, 5.41) is 5.72. The van der Waals surface area contributed by atoms with E-state index in [4.69, 9.17) is 4.74 Å². The van der Waals surface area contributed by atoms with Crippen LogP contribution in [0.1, 0.15) is 18.4 Å². The lowest BCUT2D eigenvalue weighted by Gasteiger charge is -2.24. The summed E-state index contributed by atoms with van der Waals surface area (Å²) < 4.78 is 6.13. The minimum Gasteiger partial charge on any atom is -0.490 e. The highest BCUT2D eigenvalue weighted by molar-refractivity contribution is 5.84. The fourth-order valence-electron chi connectivity index (χ4n) is 2.45. The van der Waals surface area contributed by atoms with Gasteiger partial charge >= 0.3 is 0 Å². The lowest BCUT2D eigenvalue weighted by atomic mass is 10.1. The third-order valence-corrected chi connectivity index (χ3v) is 3.51. The van der Waals surface area contributed by atoms with Crippen molar-refractivity contribution in [3.8, 4) is 5.75 Å². The number of nitrogens with one attached hydrogen (secondary N) is 1. The highest BCUT2D eigenvalue weighted by Gasteiger charge is 2.15. The second kappa shape index (κ2) is 4.94. The van der Waals surface area contributed by atoms with Gasteiger partial charge in [0.15, 0.2) is 0 Å². The van der Waals surface area contributed by atoms with E-state index >= 15 is 0 Å². The number of aromatic nitrogens is 1. The van der Waals surface area contributed by atoms with Gasteiger partial charge in [0.1, 0.15) is 11.9 Å². The number of hydrogen-bond acceptors (Lipinski definition) is 3. The Hall–Kier alpha value is -1.61. The van der Waals surface area contributed by atoms with Crippen LogP contribution in [0, 0.1) is 6.92 Å². The molecule has 0 atom stereocenters. The van der Waals surface area contributed by atoms with Gasteiger partial charge in [0.05, 0.1) is 0 Å². The maximum atomic E-state index is 6.13. The van der Waals surface area contributed by atoms with Gasteiger partial charge in [-0.15, -0.1) is 0 Å². The van der Waals surface area contributed by atoms with Crippen LogP contribution in [0.3, 0.4) is 0 Å². The number of ether oxygens (including phenoxy) is 1. The Kier molecular flexibility index (Phi) is 3.15. The predicted octanol–water partition coefficient (Wildman–Crippen LogP) is 2.67. The van der Waals surface area contributed by atoms with Gasteiger partial charge in [-0.2, -0.15) is 0 Å². The minimum absolute atomic E-state index is 0.351. The van der Waals surface area contributed by atoms with Crippen LogP contribution in [0.5, 0.6) is 5.75 Å². The molecule has 2 aromatic rings. The topological polar surface area (TPSA) is 34.1 Å². The van der Waals surface area contributed by atoms with E-state index < -0.39 is 0 Å². The van der Waals surface area contributed by atoms with Crippen LogP contribution in [0.4, 0.5) is 0 Å². The van der Waals surface area contributed by atoms with E-state index in [1.807, 2.05) is 18.5 Å². The maximum absolute atomic E-state index is 6.13. The molecule has 1 aliphatic rings. The Morgan fingerprint density at radius 3 is 2.89 bits per heavy atom. The zero-order valence-electron chi connectivity index (χ0n) is 10.6. The first-order valence-corrected chi connectivity index (χ1v) is 6.55. The van der Waals surface area contributed by atoms with E-state index in [2.05, 4.69) is 29.4 Å². The summed E-state index contributed by atoms with van der Waals surface area (Å²) in [6, 6.07) is 6.32. The Balaban J connectivity index is 1.88. The molecule has 2 heterocycles. The molecule has 0 spiro atoms. The Morgan fingerprint density at radius 1 is 1.22 bits per heavy atom. The van der Waals surface area contributed by atoms with Crippen LogP contribution in [0.2, 0.25) is 0 Å². The van der Waals surface area contributed by atoms with E-state index in [9.17, 15) is 0 Å². The van der Waals surface area contributed by atoms with Crippen molar-refractivity contribution < 1.29 is 4.74 Å². The van der Waals surface area contributed by atoms with Gasteiger partial charge in [-0.1, -0.05) is 0 Å². The van der Waals surface area contributed by atoms with Crippen molar-refractivity contribution in [1.82, 2.24) is 10.3 Å². The average molecular weight is 242 g/mol. The van der Waals surface area contributed by atoms with Gasteiger partial charge in [0.25, 0.3) is 0 Å². The second-order valence-corrected chi connectivity index (χ2v) is 4.91. The van der Waals surface area contributed by atoms with Crippen molar-refractivity contribution in [3.05, 3.63) is 36.2 Å². The summed E-state index contributed by atoms with van der Waals surface area (Å²) in [7, 11) is 0. The van der Waals surface area contributed by atoms with Crippen LogP contribution >= 0.6 is 0 Å². The third kappa shape index (κ3) is 2.31. The molecule has 1 aliphatic heterocycles. The number of pyridine rings is 1. The molecule has 3 heteroatoms. The number of fused-ring (bicyclic) bond motifs is 1. The smallest absolute Gasteiger partial charge is 0.123 e. The van der Waals surface area contributed by atoms with Crippen molar-refractivity contribution >= 4 is 10.8 Å². The highest BCUT2D eigenvalue weighted by Crippen LogP contribution is 2.26. The zero-order chi connectivity index (χ0) is 12.4. The standard InChI is InChI=1S/C15H18N2O/c1-11-8-13-10-17-5-2-12(13)9-15(11)18-14-3-6-16-7-4-14/h2,5,8-10,14,16H,3-4,6-7H2,1H3. The van der Waals surface area contributed by atoms with Gasteiger partial charge in [-0.05, 0) is 62.0 Å². The van der Waals surface area contributed by atoms with Crippen molar-refractivity contribution in [1.29, 1.82) is 0 Å². The van der Waals surface area contributed by atoms with Gasteiger partial charge < -0.3 is 10.1 Å². The van der Waals surface area contributed by atoms with Crippen LogP contribution in [-0.2, 0) is 0 Å². The van der Waals surface area contributed by atoms with Crippen molar-refractivity contribution in [2.75, 3.05) is 13.1 Å². The fraction of sp³-hybridized carbons (Fsp3) is 0.400. The summed E-state index contributed by atoms with van der Waals surface area (Å²) in [6.45, 7) is 4.21. The quantitative estimate of drug-likeness (QED) is 0.879. The summed E-state index contributed by atoms with van der Waals surface area (Å²) >= 11 is 0. The molecule has 1 fully saturated rings. The molecule has 0 aliphatic carbocycles. The fourth-order valence-corrected chi connectivity index (χ4v) is 2.45. The third-order valence-electron chi connectivity index (χ3n) is 3.51. The maximum Gasteiger partial charge on any atom is 0.123 e. The Labute approximate surface area is 107 Å². The zero-order valence-corrected chi connectivity index (χ0v) is 10.6. The van der Waals surface area contributed by atoms with E-state index in [1.165, 1.54) is 16.3 Å². The number of aryl methyl sites for hydroxylation is 1. The van der Waals surface area contributed by atoms with E-state index in [0.717, 1.165) is 31.7 Å². The molecule has 0 amide bonds. The summed E-state index contributed by atoms with van der Waals surface area (Å²) in [4.78, 5) is 4.15.